The summed E-state index contributed by atoms with van der Waals surface area (Å²) in [7, 11) is -4.09. The van der Waals surface area contributed by atoms with Gasteiger partial charge in [0.2, 0.25) is 0 Å². The molecule has 9 heteroatoms. The molecule has 118 valence electrons. The van der Waals surface area contributed by atoms with E-state index in [1.807, 2.05) is 0 Å². The normalized spacial score (nSPS) is 11.5. The fourth-order valence-corrected chi connectivity index (χ4v) is 3.75. The average molecular weight is 351 g/mol. The maximum atomic E-state index is 12.7. The zero-order valence-electron chi connectivity index (χ0n) is 11.6. The van der Waals surface area contributed by atoms with Crippen molar-refractivity contribution in [2.24, 2.45) is 5.73 Å². The lowest BCUT2D eigenvalue weighted by Crippen LogP contribution is -2.20. The fraction of sp³-hybridized carbons (Fsp3) is 0. The second kappa shape index (κ2) is 5.56. The van der Waals surface area contributed by atoms with E-state index in [1.54, 1.807) is 24.3 Å². The first-order chi connectivity index (χ1) is 10.9. The van der Waals surface area contributed by atoms with E-state index in [4.69, 9.17) is 17.3 Å². The van der Waals surface area contributed by atoms with Gasteiger partial charge in [0.1, 0.15) is 16.4 Å². The Morgan fingerprint density at radius 2 is 2.04 bits per heavy atom. The highest BCUT2D eigenvalue weighted by Crippen LogP contribution is 2.30. The van der Waals surface area contributed by atoms with Gasteiger partial charge in [-0.15, -0.1) is 0 Å². The topological polar surface area (TPSA) is 118 Å². The molecule has 3 rings (SSSR count). The molecule has 0 aliphatic heterocycles. The Hall–Kier alpha value is -2.58. The van der Waals surface area contributed by atoms with Crippen molar-refractivity contribution >= 4 is 44.3 Å². The number of carbonyl (C=O) groups excluding carboxylic acids is 1. The molecular weight excluding hydrogens is 340 g/mol. The predicted molar refractivity (Wildman–Crippen MR) is 86.9 cm³/mol. The number of aromatic amines is 1. The molecule has 2 heterocycles. The minimum atomic E-state index is -4.09. The Kier molecular flexibility index (Phi) is 3.70. The highest BCUT2D eigenvalue weighted by molar-refractivity contribution is 7.93. The van der Waals surface area contributed by atoms with E-state index < -0.39 is 15.9 Å². The van der Waals surface area contributed by atoms with E-state index in [0.29, 0.717) is 10.5 Å². The van der Waals surface area contributed by atoms with Crippen LogP contribution in [-0.2, 0) is 10.0 Å². The highest BCUT2D eigenvalue weighted by atomic mass is 35.5. The number of benzene rings is 1. The van der Waals surface area contributed by atoms with E-state index >= 15 is 0 Å². The largest absolute Gasteiger partial charge is 0.364 e. The average Bonchev–Trinajstić information content (AvgIpc) is 2.87. The number of amides is 1. The van der Waals surface area contributed by atoms with E-state index in [0.717, 1.165) is 0 Å². The molecule has 7 nitrogen and oxygen atoms in total. The number of sulfonamides is 1. The Labute approximate surface area is 136 Å². The van der Waals surface area contributed by atoms with Gasteiger partial charge in [0.15, 0.2) is 0 Å². The standard InChI is InChI=1S/C14H11ClN4O3S/c15-8-4-5-10-9(7-8)13(12(18-10)14(16)20)23(21,22)19-11-3-1-2-6-17-11/h1-7,18H,(H2,16,20)(H,17,19). The number of carbonyl (C=O) groups is 1. The zero-order chi connectivity index (χ0) is 16.6. The van der Waals surface area contributed by atoms with Crippen LogP contribution in [0.2, 0.25) is 5.02 Å². The van der Waals surface area contributed by atoms with Crippen LogP contribution in [-0.4, -0.2) is 24.3 Å². The quantitative estimate of drug-likeness (QED) is 0.667. The first-order valence-electron chi connectivity index (χ1n) is 6.43. The number of fused-ring (bicyclic) bond motifs is 1. The predicted octanol–water partition coefficient (Wildman–Crippen LogP) is 2.12. The molecular formula is C14H11ClN4O3S. The lowest BCUT2D eigenvalue weighted by atomic mass is 10.2. The van der Waals surface area contributed by atoms with Crippen molar-refractivity contribution in [1.29, 1.82) is 0 Å². The van der Waals surface area contributed by atoms with Crippen LogP contribution < -0.4 is 10.5 Å². The van der Waals surface area contributed by atoms with Gasteiger partial charge in [-0.05, 0) is 30.3 Å². The molecule has 0 aliphatic carbocycles. The molecule has 1 aromatic carbocycles. The summed E-state index contributed by atoms with van der Waals surface area (Å²) in [6, 6.07) is 9.37. The molecule has 0 unspecified atom stereocenters. The Morgan fingerprint density at radius 1 is 1.26 bits per heavy atom. The number of aromatic nitrogens is 2. The smallest absolute Gasteiger partial charge is 0.266 e. The molecule has 3 aromatic rings. The molecule has 0 aliphatic rings. The third-order valence-corrected chi connectivity index (χ3v) is 4.81. The van der Waals surface area contributed by atoms with Gasteiger partial charge in [-0.2, -0.15) is 0 Å². The van der Waals surface area contributed by atoms with Gasteiger partial charge in [-0.25, -0.2) is 13.4 Å². The van der Waals surface area contributed by atoms with E-state index in [-0.39, 0.29) is 21.8 Å². The molecule has 0 fully saturated rings. The van der Waals surface area contributed by atoms with Gasteiger partial charge in [0.25, 0.3) is 15.9 Å². The third-order valence-electron chi connectivity index (χ3n) is 3.13. The van der Waals surface area contributed by atoms with Crippen LogP contribution in [0.25, 0.3) is 10.9 Å². The Morgan fingerprint density at radius 3 is 2.70 bits per heavy atom. The van der Waals surface area contributed by atoms with Gasteiger partial charge in [-0.1, -0.05) is 17.7 Å². The molecule has 0 saturated carbocycles. The number of hydrogen-bond donors (Lipinski definition) is 3. The third kappa shape index (κ3) is 2.86. The summed E-state index contributed by atoms with van der Waals surface area (Å²) >= 11 is 5.93. The van der Waals surface area contributed by atoms with E-state index in [2.05, 4.69) is 14.7 Å². The maximum Gasteiger partial charge on any atom is 0.266 e. The molecule has 23 heavy (non-hydrogen) atoms. The summed E-state index contributed by atoms with van der Waals surface area (Å²) in [6.07, 6.45) is 1.44. The first-order valence-corrected chi connectivity index (χ1v) is 8.29. The number of H-pyrrole nitrogens is 1. The second-order valence-electron chi connectivity index (χ2n) is 4.70. The molecule has 0 spiro atoms. The molecule has 0 atom stereocenters. The summed E-state index contributed by atoms with van der Waals surface area (Å²) < 4.78 is 27.7. The minimum Gasteiger partial charge on any atom is -0.364 e. The molecule has 1 amide bonds. The van der Waals surface area contributed by atoms with Gasteiger partial charge in [-0.3, -0.25) is 9.52 Å². The van der Waals surface area contributed by atoms with Crippen molar-refractivity contribution in [2.45, 2.75) is 4.90 Å². The van der Waals surface area contributed by atoms with Crippen molar-refractivity contribution in [3.8, 4) is 0 Å². The summed E-state index contributed by atoms with van der Waals surface area (Å²) in [4.78, 5) is 18.0. The van der Waals surface area contributed by atoms with Gasteiger partial charge >= 0.3 is 0 Å². The van der Waals surface area contributed by atoms with E-state index in [9.17, 15) is 13.2 Å². The number of rotatable bonds is 4. The first kappa shape index (κ1) is 15.3. The van der Waals surface area contributed by atoms with Crippen molar-refractivity contribution in [1.82, 2.24) is 9.97 Å². The number of anilines is 1. The summed E-state index contributed by atoms with van der Waals surface area (Å²) in [5, 5.41) is 0.608. The number of primary amides is 1. The summed E-state index contributed by atoms with van der Waals surface area (Å²) in [6.45, 7) is 0. The number of nitrogens with one attached hydrogen (secondary N) is 2. The van der Waals surface area contributed by atoms with Crippen LogP contribution in [0.15, 0.2) is 47.5 Å². The van der Waals surface area contributed by atoms with Gasteiger partial charge in [0.05, 0.1) is 0 Å². The van der Waals surface area contributed by atoms with Crippen molar-refractivity contribution in [3.05, 3.63) is 53.3 Å². The number of nitrogens with two attached hydrogens (primary N) is 1. The fourth-order valence-electron chi connectivity index (χ4n) is 2.20. The number of pyridine rings is 1. The van der Waals surface area contributed by atoms with Crippen molar-refractivity contribution in [2.75, 3.05) is 4.72 Å². The lowest BCUT2D eigenvalue weighted by molar-refractivity contribution is 0.0993. The van der Waals surface area contributed by atoms with Gasteiger partial charge < -0.3 is 10.7 Å². The van der Waals surface area contributed by atoms with Crippen LogP contribution >= 0.6 is 11.6 Å². The van der Waals surface area contributed by atoms with Crippen molar-refractivity contribution in [3.63, 3.8) is 0 Å². The Bertz CT molecular complexity index is 1000. The number of halogens is 1. The number of hydrogen-bond acceptors (Lipinski definition) is 4. The highest BCUT2D eigenvalue weighted by Gasteiger charge is 2.27. The molecule has 2 aromatic heterocycles. The van der Waals surface area contributed by atoms with Crippen LogP contribution in [0.5, 0.6) is 0 Å². The lowest BCUT2D eigenvalue weighted by Gasteiger charge is -2.07. The zero-order valence-corrected chi connectivity index (χ0v) is 13.1. The van der Waals surface area contributed by atoms with Crippen LogP contribution in [0.4, 0.5) is 5.82 Å². The Balaban J connectivity index is 2.22. The number of nitrogens with zero attached hydrogens (tertiary/aromatic N) is 1. The molecule has 0 radical (unpaired) electrons. The second-order valence-corrected chi connectivity index (χ2v) is 6.76. The summed E-state index contributed by atoms with van der Waals surface area (Å²) in [5.41, 5.74) is 5.51. The minimum absolute atomic E-state index is 0.124. The van der Waals surface area contributed by atoms with Crippen LogP contribution in [0.3, 0.4) is 0 Å². The molecule has 0 saturated heterocycles. The van der Waals surface area contributed by atoms with E-state index in [1.165, 1.54) is 18.3 Å². The molecule has 4 N–H and O–H groups in total. The SMILES string of the molecule is NC(=O)c1[nH]c2ccc(Cl)cc2c1S(=O)(=O)Nc1ccccn1. The van der Waals surface area contributed by atoms with Crippen LogP contribution in [0, 0.1) is 0 Å². The van der Waals surface area contributed by atoms with Crippen molar-refractivity contribution < 1.29 is 13.2 Å². The monoisotopic (exact) mass is 350 g/mol. The molecule has 0 bridgehead atoms. The summed E-state index contributed by atoms with van der Waals surface area (Å²) in [5.74, 6) is -0.766. The van der Waals surface area contributed by atoms with Crippen LogP contribution in [0.1, 0.15) is 10.5 Å². The maximum absolute atomic E-state index is 12.7. The van der Waals surface area contributed by atoms with Gasteiger partial charge in [0, 0.05) is 22.1 Å².